The van der Waals surface area contributed by atoms with Crippen LogP contribution < -0.4 is 11.1 Å². The molecule has 0 radical (unpaired) electrons. The van der Waals surface area contributed by atoms with E-state index in [0.717, 1.165) is 39.1 Å². The Balaban J connectivity index is 1.53. The van der Waals surface area contributed by atoms with E-state index >= 15 is 0 Å². The number of furan rings is 1. The Bertz CT molecular complexity index is 993. The van der Waals surface area contributed by atoms with Crippen molar-refractivity contribution in [3.8, 4) is 11.6 Å². The number of hydrogen-bond acceptors (Lipinski definition) is 9. The third-order valence-corrected chi connectivity index (χ3v) is 5.28. The molecule has 1 fully saturated rings. The van der Waals surface area contributed by atoms with Gasteiger partial charge >= 0.3 is 0 Å². The Morgan fingerprint density at radius 3 is 2.70 bits per heavy atom. The zero-order valence-electron chi connectivity index (χ0n) is 17.3. The number of fused-ring (bicyclic) bond motifs is 1. The molecule has 3 N–H and O–H groups in total. The van der Waals surface area contributed by atoms with Gasteiger partial charge in [-0.15, -0.1) is 5.10 Å². The van der Waals surface area contributed by atoms with E-state index in [2.05, 4.69) is 37.2 Å². The SMILES string of the molecule is CCC[C@H](Nc1nc(N)n2nc(-c3ccco3)nc2n1)C(=O)N1CCN(CC)CC1. The summed E-state index contributed by atoms with van der Waals surface area (Å²) in [6, 6.07) is 3.09. The lowest BCUT2D eigenvalue weighted by Crippen LogP contribution is -2.52. The molecule has 1 aliphatic heterocycles. The lowest BCUT2D eigenvalue weighted by molar-refractivity contribution is -0.133. The fraction of sp³-hybridized carbons (Fsp3) is 0.526. The molecule has 30 heavy (non-hydrogen) atoms. The standard InChI is InChI=1S/C19H27N9O2/c1-3-6-13(16(29)27-10-8-26(4-2)9-11-27)21-18-23-17(20)28-19(24-18)22-15(25-28)14-7-5-12-30-14/h5,7,12-13H,3-4,6,8-11H2,1-2H3,(H3,20,21,22,23,24,25)/t13-/m0/s1. The first kappa shape index (κ1) is 20.1. The molecule has 0 saturated carbocycles. The molecule has 0 aliphatic carbocycles. The largest absolute Gasteiger partial charge is 0.461 e. The van der Waals surface area contributed by atoms with Gasteiger partial charge in [0.05, 0.1) is 6.26 Å². The highest BCUT2D eigenvalue weighted by molar-refractivity contribution is 5.84. The van der Waals surface area contributed by atoms with Crippen molar-refractivity contribution in [2.45, 2.75) is 32.7 Å². The van der Waals surface area contributed by atoms with Gasteiger partial charge in [-0.05, 0) is 25.1 Å². The minimum Gasteiger partial charge on any atom is -0.461 e. The molecular weight excluding hydrogens is 386 g/mol. The number of amides is 1. The van der Waals surface area contributed by atoms with Crippen LogP contribution in [0, 0.1) is 0 Å². The molecule has 1 amide bonds. The third kappa shape index (κ3) is 4.06. The molecule has 0 bridgehead atoms. The predicted molar refractivity (Wildman–Crippen MR) is 112 cm³/mol. The van der Waals surface area contributed by atoms with Gasteiger partial charge in [-0.3, -0.25) is 4.79 Å². The van der Waals surface area contributed by atoms with Crippen LogP contribution in [0.25, 0.3) is 17.4 Å². The fourth-order valence-electron chi connectivity index (χ4n) is 3.59. The highest BCUT2D eigenvalue weighted by Gasteiger charge is 2.27. The number of carbonyl (C=O) groups excluding carboxylic acids is 1. The number of hydrogen-bond donors (Lipinski definition) is 2. The molecule has 0 spiro atoms. The normalized spacial score (nSPS) is 16.1. The van der Waals surface area contributed by atoms with Crippen molar-refractivity contribution in [2.75, 3.05) is 43.8 Å². The van der Waals surface area contributed by atoms with E-state index in [4.69, 9.17) is 10.2 Å². The van der Waals surface area contributed by atoms with Crippen LogP contribution in [-0.2, 0) is 4.79 Å². The minimum atomic E-state index is -0.419. The van der Waals surface area contributed by atoms with Crippen molar-refractivity contribution in [2.24, 2.45) is 0 Å². The maximum absolute atomic E-state index is 13.1. The summed E-state index contributed by atoms with van der Waals surface area (Å²) in [4.78, 5) is 30.4. The van der Waals surface area contributed by atoms with Crippen LogP contribution in [0.2, 0.25) is 0 Å². The number of rotatable bonds is 7. The van der Waals surface area contributed by atoms with Gasteiger partial charge in [-0.1, -0.05) is 20.3 Å². The number of nitrogens with one attached hydrogen (secondary N) is 1. The van der Waals surface area contributed by atoms with Crippen LogP contribution in [0.3, 0.4) is 0 Å². The van der Waals surface area contributed by atoms with Gasteiger partial charge in [0.25, 0.3) is 5.78 Å². The van der Waals surface area contributed by atoms with Crippen molar-refractivity contribution < 1.29 is 9.21 Å². The van der Waals surface area contributed by atoms with E-state index < -0.39 is 6.04 Å². The lowest BCUT2D eigenvalue weighted by atomic mass is 10.1. The number of anilines is 2. The quantitative estimate of drug-likeness (QED) is 0.584. The summed E-state index contributed by atoms with van der Waals surface area (Å²) in [5.74, 6) is 1.63. The molecule has 4 heterocycles. The van der Waals surface area contributed by atoms with Crippen LogP contribution in [0.15, 0.2) is 22.8 Å². The Morgan fingerprint density at radius 1 is 1.23 bits per heavy atom. The summed E-state index contributed by atoms with van der Waals surface area (Å²) >= 11 is 0. The fourth-order valence-corrected chi connectivity index (χ4v) is 3.59. The Morgan fingerprint density at radius 2 is 2.03 bits per heavy atom. The highest BCUT2D eigenvalue weighted by atomic mass is 16.3. The first-order chi connectivity index (χ1) is 14.6. The van der Waals surface area contributed by atoms with Crippen LogP contribution >= 0.6 is 0 Å². The number of nitrogen functional groups attached to an aromatic ring is 1. The monoisotopic (exact) mass is 413 g/mol. The second-order valence-corrected chi connectivity index (χ2v) is 7.28. The van der Waals surface area contributed by atoms with Crippen molar-refractivity contribution >= 4 is 23.6 Å². The summed E-state index contributed by atoms with van der Waals surface area (Å²) in [5.41, 5.74) is 6.06. The minimum absolute atomic E-state index is 0.0624. The number of nitrogens with zero attached hydrogens (tertiary/aromatic N) is 7. The molecule has 3 aromatic rings. The average Bonchev–Trinajstić information content (AvgIpc) is 3.43. The number of nitrogens with two attached hydrogens (primary N) is 1. The summed E-state index contributed by atoms with van der Waals surface area (Å²) in [6.45, 7) is 8.43. The summed E-state index contributed by atoms with van der Waals surface area (Å²) in [7, 11) is 0. The Labute approximate surface area is 174 Å². The first-order valence-electron chi connectivity index (χ1n) is 10.3. The predicted octanol–water partition coefficient (Wildman–Crippen LogP) is 1.11. The Kier molecular flexibility index (Phi) is 5.79. The second kappa shape index (κ2) is 8.66. The summed E-state index contributed by atoms with van der Waals surface area (Å²) in [5, 5.41) is 7.46. The number of likely N-dealkylation sites (N-methyl/N-ethyl adjacent to an activating group) is 1. The van der Waals surface area contributed by atoms with Crippen molar-refractivity contribution in [3.05, 3.63) is 18.4 Å². The highest BCUT2D eigenvalue weighted by Crippen LogP contribution is 2.18. The van der Waals surface area contributed by atoms with E-state index in [9.17, 15) is 4.79 Å². The van der Waals surface area contributed by atoms with E-state index in [0.29, 0.717) is 18.0 Å². The number of piperazine rings is 1. The van der Waals surface area contributed by atoms with Gasteiger partial charge in [-0.25, -0.2) is 0 Å². The summed E-state index contributed by atoms with van der Waals surface area (Å²) in [6.07, 6.45) is 3.07. The number of aromatic nitrogens is 5. The van der Waals surface area contributed by atoms with Crippen LogP contribution in [0.5, 0.6) is 0 Å². The van der Waals surface area contributed by atoms with Crippen molar-refractivity contribution in [3.63, 3.8) is 0 Å². The van der Waals surface area contributed by atoms with Crippen LogP contribution in [0.4, 0.5) is 11.9 Å². The van der Waals surface area contributed by atoms with Gasteiger partial charge < -0.3 is 25.3 Å². The molecule has 11 heteroatoms. The molecular formula is C19H27N9O2. The maximum atomic E-state index is 13.1. The van der Waals surface area contributed by atoms with E-state index in [1.54, 1.807) is 18.4 Å². The smallest absolute Gasteiger partial charge is 0.259 e. The average molecular weight is 413 g/mol. The van der Waals surface area contributed by atoms with Crippen LogP contribution in [-0.4, -0.2) is 79.0 Å². The van der Waals surface area contributed by atoms with Crippen molar-refractivity contribution in [1.29, 1.82) is 0 Å². The molecule has 1 saturated heterocycles. The molecule has 0 aromatic carbocycles. The first-order valence-corrected chi connectivity index (χ1v) is 10.3. The number of carbonyl (C=O) groups is 1. The van der Waals surface area contributed by atoms with E-state index in [1.165, 1.54) is 4.52 Å². The van der Waals surface area contributed by atoms with Crippen molar-refractivity contribution in [1.82, 2.24) is 34.4 Å². The van der Waals surface area contributed by atoms with Gasteiger partial charge in [0.15, 0.2) is 5.76 Å². The maximum Gasteiger partial charge on any atom is 0.259 e. The lowest BCUT2D eigenvalue weighted by Gasteiger charge is -2.36. The van der Waals surface area contributed by atoms with Gasteiger partial charge in [0.2, 0.25) is 23.6 Å². The van der Waals surface area contributed by atoms with Gasteiger partial charge in [0, 0.05) is 26.2 Å². The van der Waals surface area contributed by atoms with Gasteiger partial charge in [-0.2, -0.15) is 19.5 Å². The molecule has 11 nitrogen and oxygen atoms in total. The van der Waals surface area contributed by atoms with Gasteiger partial charge in [0.1, 0.15) is 6.04 Å². The molecule has 1 aliphatic rings. The topological polar surface area (TPSA) is 131 Å². The Hall–Kier alpha value is -3.21. The molecule has 4 rings (SSSR count). The third-order valence-electron chi connectivity index (χ3n) is 5.28. The van der Waals surface area contributed by atoms with E-state index in [-0.39, 0.29) is 23.6 Å². The molecule has 3 aromatic heterocycles. The summed E-state index contributed by atoms with van der Waals surface area (Å²) < 4.78 is 6.68. The molecule has 1 atom stereocenters. The zero-order valence-corrected chi connectivity index (χ0v) is 17.3. The zero-order chi connectivity index (χ0) is 21.1. The molecule has 0 unspecified atom stereocenters. The molecule has 160 valence electrons. The second-order valence-electron chi connectivity index (χ2n) is 7.28. The van der Waals surface area contributed by atoms with Crippen LogP contribution in [0.1, 0.15) is 26.7 Å². The van der Waals surface area contributed by atoms with E-state index in [1.807, 2.05) is 11.8 Å².